The van der Waals surface area contributed by atoms with Gasteiger partial charge in [0.25, 0.3) is 5.91 Å². The number of nitrogens with one attached hydrogen (secondary N) is 3. The van der Waals surface area contributed by atoms with Crippen molar-refractivity contribution in [1.29, 1.82) is 0 Å². The fourth-order valence-corrected chi connectivity index (χ4v) is 6.76. The highest BCUT2D eigenvalue weighted by Gasteiger charge is 2.40. The van der Waals surface area contributed by atoms with Crippen molar-refractivity contribution in [1.82, 2.24) is 25.8 Å². The molecule has 3 fully saturated rings. The highest BCUT2D eigenvalue weighted by atomic mass is 16.5. The van der Waals surface area contributed by atoms with Gasteiger partial charge in [0.1, 0.15) is 11.8 Å². The summed E-state index contributed by atoms with van der Waals surface area (Å²) in [5.74, 6) is 0.927. The van der Waals surface area contributed by atoms with E-state index in [1.807, 2.05) is 32.0 Å². The first-order valence-corrected chi connectivity index (χ1v) is 15.6. The number of carbonyl (C=O) groups is 3. The third kappa shape index (κ3) is 7.33. The molecule has 1 saturated carbocycles. The summed E-state index contributed by atoms with van der Waals surface area (Å²) in [5.41, 5.74) is 0.491. The third-order valence-electron chi connectivity index (χ3n) is 9.12. The molecule has 2 bridgehead atoms. The molecule has 226 valence electrons. The minimum Gasteiger partial charge on any atom is -0.493 e. The van der Waals surface area contributed by atoms with Crippen LogP contribution in [0.15, 0.2) is 24.3 Å². The molecule has 41 heavy (non-hydrogen) atoms. The minimum absolute atomic E-state index is 0.0149. The van der Waals surface area contributed by atoms with Crippen molar-refractivity contribution >= 4 is 17.8 Å². The van der Waals surface area contributed by atoms with E-state index in [4.69, 9.17) is 9.47 Å². The predicted octanol–water partition coefficient (Wildman–Crippen LogP) is 2.91. The van der Waals surface area contributed by atoms with Crippen LogP contribution in [0, 0.1) is 5.92 Å². The molecule has 3 aliphatic heterocycles. The summed E-state index contributed by atoms with van der Waals surface area (Å²) in [6, 6.07) is 6.69. The topological polar surface area (TPSA) is 112 Å². The predicted molar refractivity (Wildman–Crippen MR) is 156 cm³/mol. The number of piperazine rings is 1. The van der Waals surface area contributed by atoms with E-state index >= 15 is 0 Å². The van der Waals surface area contributed by atoms with Crippen molar-refractivity contribution < 1.29 is 23.9 Å². The number of nitrogens with zero attached hydrogens (tertiary/aromatic N) is 2. The molecule has 4 aliphatic rings. The van der Waals surface area contributed by atoms with Crippen LogP contribution in [-0.4, -0.2) is 96.8 Å². The SMILES string of the molecule is CC1CCC(N2CCN3C(=O)c4ccccc4OCC[C@@H]4CC[C@@H](NC(=O)NC(C)C)[C@@H](CNC(=O)[C@@H]3C2)O4)CC1. The summed E-state index contributed by atoms with van der Waals surface area (Å²) in [4.78, 5) is 44.5. The molecule has 3 N–H and O–H groups in total. The Morgan fingerprint density at radius 2 is 1.80 bits per heavy atom. The van der Waals surface area contributed by atoms with Crippen LogP contribution < -0.4 is 20.7 Å². The van der Waals surface area contributed by atoms with Crippen LogP contribution in [-0.2, 0) is 9.53 Å². The van der Waals surface area contributed by atoms with Crippen LogP contribution in [0.2, 0.25) is 0 Å². The summed E-state index contributed by atoms with van der Waals surface area (Å²) < 4.78 is 12.6. The molecule has 0 aromatic heterocycles. The Labute approximate surface area is 243 Å². The van der Waals surface area contributed by atoms with Gasteiger partial charge in [-0.3, -0.25) is 14.5 Å². The molecule has 4 atom stereocenters. The fourth-order valence-electron chi connectivity index (χ4n) is 6.76. The summed E-state index contributed by atoms with van der Waals surface area (Å²) >= 11 is 0. The van der Waals surface area contributed by atoms with Gasteiger partial charge in [0.15, 0.2) is 0 Å². The lowest BCUT2D eigenvalue weighted by molar-refractivity contribution is -0.130. The highest BCUT2D eigenvalue weighted by Crippen LogP contribution is 2.30. The zero-order valence-electron chi connectivity index (χ0n) is 24.8. The molecule has 10 nitrogen and oxygen atoms in total. The molecule has 0 radical (unpaired) electrons. The average Bonchev–Trinajstić information content (AvgIpc) is 2.96. The highest BCUT2D eigenvalue weighted by molar-refractivity contribution is 6.00. The Morgan fingerprint density at radius 3 is 2.59 bits per heavy atom. The number of ether oxygens (including phenoxy) is 2. The second-order valence-electron chi connectivity index (χ2n) is 12.6. The standard InChI is InChI=1S/C31H47N5O5/c1-20(2)33-31(39)34-25-13-12-23-14-17-40-27-7-5-4-6-24(27)30(38)36-16-15-35(22-10-8-21(3)9-11-22)19-26(36)29(37)32-18-28(25)41-23/h4-7,20-23,25-26,28H,8-19H2,1-3H3,(H,32,37)(H2,33,34,39)/t21?,22?,23-,25+,26-,28+/m0/s1. The maximum Gasteiger partial charge on any atom is 0.315 e. The quantitative estimate of drug-likeness (QED) is 0.516. The normalized spacial score (nSPS) is 31.7. The van der Waals surface area contributed by atoms with Gasteiger partial charge in [0.05, 0.1) is 30.4 Å². The van der Waals surface area contributed by atoms with Crippen LogP contribution in [0.3, 0.4) is 0 Å². The third-order valence-corrected chi connectivity index (χ3v) is 9.12. The second kappa shape index (κ2) is 13.4. The fraction of sp³-hybridized carbons (Fsp3) is 0.710. The smallest absolute Gasteiger partial charge is 0.315 e. The van der Waals surface area contributed by atoms with Crippen molar-refractivity contribution in [3.63, 3.8) is 0 Å². The van der Waals surface area contributed by atoms with E-state index in [1.165, 1.54) is 12.8 Å². The molecular formula is C31H47N5O5. The molecule has 4 amide bonds. The number of para-hydroxylation sites is 1. The second-order valence-corrected chi connectivity index (χ2v) is 12.6. The van der Waals surface area contributed by atoms with E-state index < -0.39 is 6.04 Å². The van der Waals surface area contributed by atoms with E-state index in [0.717, 1.165) is 38.1 Å². The van der Waals surface area contributed by atoms with E-state index in [9.17, 15) is 14.4 Å². The zero-order chi connectivity index (χ0) is 28.9. The molecule has 1 aliphatic carbocycles. The Kier molecular flexibility index (Phi) is 9.70. The van der Waals surface area contributed by atoms with Crippen LogP contribution >= 0.6 is 0 Å². The minimum atomic E-state index is -0.623. The van der Waals surface area contributed by atoms with Gasteiger partial charge in [-0.15, -0.1) is 0 Å². The van der Waals surface area contributed by atoms with Crippen molar-refractivity contribution in [2.45, 2.75) is 102 Å². The first-order valence-electron chi connectivity index (χ1n) is 15.6. The summed E-state index contributed by atoms with van der Waals surface area (Å²) in [6.07, 6.45) is 6.38. The molecule has 1 aromatic rings. The van der Waals surface area contributed by atoms with Crippen molar-refractivity contribution in [3.8, 4) is 5.75 Å². The molecule has 5 rings (SSSR count). The summed E-state index contributed by atoms with van der Waals surface area (Å²) in [5, 5.41) is 9.06. The van der Waals surface area contributed by atoms with E-state index in [1.54, 1.807) is 11.0 Å². The van der Waals surface area contributed by atoms with Crippen LogP contribution in [0.25, 0.3) is 0 Å². The lowest BCUT2D eigenvalue weighted by atomic mass is 9.86. The average molecular weight is 570 g/mol. The summed E-state index contributed by atoms with van der Waals surface area (Å²) in [6.45, 7) is 8.57. The lowest BCUT2D eigenvalue weighted by Crippen LogP contribution is -2.63. The number of urea groups is 1. The first kappa shape index (κ1) is 29.6. The largest absolute Gasteiger partial charge is 0.493 e. The number of hydrogen-bond donors (Lipinski definition) is 3. The van der Waals surface area contributed by atoms with Gasteiger partial charge in [-0.25, -0.2) is 4.79 Å². The number of amides is 4. The van der Waals surface area contributed by atoms with E-state index in [2.05, 4.69) is 27.8 Å². The van der Waals surface area contributed by atoms with Gasteiger partial charge in [-0.05, 0) is 70.4 Å². The Hall–Kier alpha value is -2.85. The van der Waals surface area contributed by atoms with E-state index in [-0.39, 0.29) is 48.7 Å². The zero-order valence-corrected chi connectivity index (χ0v) is 24.8. The maximum absolute atomic E-state index is 13.9. The Bertz CT molecular complexity index is 1070. The molecule has 0 unspecified atom stereocenters. The number of hydrogen-bond acceptors (Lipinski definition) is 6. The van der Waals surface area contributed by atoms with Crippen molar-refractivity contribution in [2.24, 2.45) is 5.92 Å². The molecule has 1 aromatic carbocycles. The number of rotatable bonds is 3. The maximum atomic E-state index is 13.9. The number of fused-ring (bicyclic) bond motifs is 4. The van der Waals surface area contributed by atoms with Gasteiger partial charge >= 0.3 is 6.03 Å². The van der Waals surface area contributed by atoms with Crippen LogP contribution in [0.4, 0.5) is 4.79 Å². The lowest BCUT2D eigenvalue weighted by Gasteiger charge is -2.45. The monoisotopic (exact) mass is 569 g/mol. The molecule has 2 saturated heterocycles. The van der Waals surface area contributed by atoms with Crippen LogP contribution in [0.5, 0.6) is 5.75 Å². The Balaban J connectivity index is 1.37. The van der Waals surface area contributed by atoms with Gasteiger partial charge in [-0.2, -0.15) is 0 Å². The Morgan fingerprint density at radius 1 is 1.02 bits per heavy atom. The van der Waals surface area contributed by atoms with Gasteiger partial charge in [-0.1, -0.05) is 19.1 Å². The molecule has 0 spiro atoms. The van der Waals surface area contributed by atoms with Gasteiger partial charge in [0.2, 0.25) is 5.91 Å². The number of carbonyl (C=O) groups excluding carboxylic acids is 3. The molecule has 3 heterocycles. The van der Waals surface area contributed by atoms with Gasteiger partial charge < -0.3 is 30.3 Å². The number of benzene rings is 1. The summed E-state index contributed by atoms with van der Waals surface area (Å²) in [7, 11) is 0. The van der Waals surface area contributed by atoms with E-state index in [0.29, 0.717) is 43.5 Å². The molecular weight excluding hydrogens is 522 g/mol. The van der Waals surface area contributed by atoms with Gasteiger partial charge in [0, 0.05) is 44.7 Å². The van der Waals surface area contributed by atoms with Crippen LogP contribution in [0.1, 0.15) is 76.1 Å². The first-order chi connectivity index (χ1) is 19.8. The molecule has 10 heteroatoms. The van der Waals surface area contributed by atoms with Crippen molar-refractivity contribution in [3.05, 3.63) is 29.8 Å². The van der Waals surface area contributed by atoms with Crippen molar-refractivity contribution in [2.75, 3.05) is 32.8 Å².